The molecule has 0 fully saturated rings. The van der Waals surface area contributed by atoms with Gasteiger partial charge in [-0.05, 0) is 60.9 Å². The van der Waals surface area contributed by atoms with Gasteiger partial charge in [-0.25, -0.2) is 4.98 Å². The Morgan fingerprint density at radius 3 is 2.48 bits per heavy atom. The van der Waals surface area contributed by atoms with E-state index in [0.717, 1.165) is 41.4 Å². The van der Waals surface area contributed by atoms with Crippen LogP contribution in [0, 0.1) is 0 Å². The van der Waals surface area contributed by atoms with Crippen LogP contribution in [0.15, 0.2) is 72.8 Å². The number of fused-ring (bicyclic) bond motifs is 1. The molecule has 1 heterocycles. The number of aromatic nitrogens is 1. The maximum Gasteiger partial charge on any atom is 0.256 e. The lowest BCUT2D eigenvalue weighted by Crippen LogP contribution is -2.13. The number of aryl methyl sites for hydroxylation is 1. The highest BCUT2D eigenvalue weighted by atomic mass is 35.5. The van der Waals surface area contributed by atoms with Crippen LogP contribution < -0.4 is 5.32 Å². The van der Waals surface area contributed by atoms with Crippen LogP contribution in [0.1, 0.15) is 35.7 Å². The Labute approximate surface area is 192 Å². The minimum atomic E-state index is -0.189. The summed E-state index contributed by atoms with van der Waals surface area (Å²) in [6.45, 7) is 2.18. The molecular formula is C26H22Cl2N2O. The van der Waals surface area contributed by atoms with Crippen molar-refractivity contribution in [2.45, 2.75) is 26.2 Å². The molecule has 1 N–H and O–H groups in total. The van der Waals surface area contributed by atoms with Gasteiger partial charge in [0.1, 0.15) is 0 Å². The lowest BCUT2D eigenvalue weighted by Gasteiger charge is -2.12. The van der Waals surface area contributed by atoms with Crippen molar-refractivity contribution >= 4 is 45.7 Å². The van der Waals surface area contributed by atoms with Crippen LogP contribution >= 0.6 is 23.2 Å². The van der Waals surface area contributed by atoms with Gasteiger partial charge in [0.25, 0.3) is 5.91 Å². The van der Waals surface area contributed by atoms with E-state index in [-0.39, 0.29) is 5.91 Å². The van der Waals surface area contributed by atoms with E-state index in [1.165, 1.54) is 5.56 Å². The second kappa shape index (κ2) is 9.51. The number of halogens is 2. The highest BCUT2D eigenvalue weighted by Crippen LogP contribution is 2.32. The SMILES string of the molecule is CCCCc1ccc(NC(=O)c2cc(-c3ccc(Cl)cc3Cl)nc3ccccc23)cc1. The van der Waals surface area contributed by atoms with Gasteiger partial charge in [0, 0.05) is 21.7 Å². The average molecular weight is 449 g/mol. The third-order valence-corrected chi connectivity index (χ3v) is 5.75. The summed E-state index contributed by atoms with van der Waals surface area (Å²) in [4.78, 5) is 17.9. The largest absolute Gasteiger partial charge is 0.322 e. The summed E-state index contributed by atoms with van der Waals surface area (Å²) in [5.41, 5.74) is 4.66. The van der Waals surface area contributed by atoms with Crippen molar-refractivity contribution in [2.75, 3.05) is 5.32 Å². The van der Waals surface area contributed by atoms with E-state index < -0.39 is 0 Å². The number of pyridine rings is 1. The number of para-hydroxylation sites is 1. The van der Waals surface area contributed by atoms with Crippen molar-refractivity contribution in [1.29, 1.82) is 0 Å². The Balaban J connectivity index is 1.69. The van der Waals surface area contributed by atoms with Gasteiger partial charge < -0.3 is 5.32 Å². The van der Waals surface area contributed by atoms with Gasteiger partial charge in [0.15, 0.2) is 0 Å². The summed E-state index contributed by atoms with van der Waals surface area (Å²) in [7, 11) is 0. The topological polar surface area (TPSA) is 42.0 Å². The molecule has 0 bridgehead atoms. The molecule has 0 radical (unpaired) electrons. The van der Waals surface area contributed by atoms with Gasteiger partial charge in [-0.15, -0.1) is 0 Å². The van der Waals surface area contributed by atoms with Gasteiger partial charge in [-0.1, -0.05) is 66.9 Å². The molecule has 4 rings (SSSR count). The van der Waals surface area contributed by atoms with Crippen molar-refractivity contribution in [3.63, 3.8) is 0 Å². The molecule has 5 heteroatoms. The van der Waals surface area contributed by atoms with Crippen molar-refractivity contribution in [1.82, 2.24) is 4.98 Å². The lowest BCUT2D eigenvalue weighted by atomic mass is 10.0. The molecule has 0 aliphatic heterocycles. The average Bonchev–Trinajstić information content (AvgIpc) is 2.78. The predicted octanol–water partition coefficient (Wildman–Crippen LogP) is 7.80. The Kier molecular flexibility index (Phi) is 6.55. The van der Waals surface area contributed by atoms with E-state index in [4.69, 9.17) is 28.2 Å². The van der Waals surface area contributed by atoms with Gasteiger partial charge in [-0.2, -0.15) is 0 Å². The molecule has 3 aromatic carbocycles. The van der Waals surface area contributed by atoms with Gasteiger partial charge in [0.2, 0.25) is 0 Å². The van der Waals surface area contributed by atoms with Crippen LogP contribution in [0.2, 0.25) is 10.0 Å². The number of benzene rings is 3. The smallest absolute Gasteiger partial charge is 0.256 e. The molecule has 0 atom stereocenters. The number of nitrogens with one attached hydrogen (secondary N) is 1. The minimum absolute atomic E-state index is 0.189. The maximum absolute atomic E-state index is 13.2. The first kappa shape index (κ1) is 21.4. The Morgan fingerprint density at radius 2 is 1.74 bits per heavy atom. The highest BCUT2D eigenvalue weighted by Gasteiger charge is 2.16. The summed E-state index contributed by atoms with van der Waals surface area (Å²) in [5, 5.41) is 4.84. The number of hydrogen-bond acceptors (Lipinski definition) is 2. The van der Waals surface area contributed by atoms with Crippen molar-refractivity contribution in [2.24, 2.45) is 0 Å². The first-order valence-electron chi connectivity index (χ1n) is 10.3. The Bertz CT molecular complexity index is 1240. The third-order valence-electron chi connectivity index (χ3n) is 5.20. The van der Waals surface area contributed by atoms with Gasteiger partial charge >= 0.3 is 0 Å². The molecule has 0 unspecified atom stereocenters. The lowest BCUT2D eigenvalue weighted by molar-refractivity contribution is 0.102. The molecule has 3 nitrogen and oxygen atoms in total. The monoisotopic (exact) mass is 448 g/mol. The fraction of sp³-hybridized carbons (Fsp3) is 0.154. The fourth-order valence-corrected chi connectivity index (χ4v) is 4.04. The number of rotatable bonds is 6. The Morgan fingerprint density at radius 1 is 0.968 bits per heavy atom. The summed E-state index contributed by atoms with van der Waals surface area (Å²) in [6, 6.07) is 22.7. The van der Waals surface area contributed by atoms with Crippen LogP contribution in [0.5, 0.6) is 0 Å². The molecule has 0 saturated heterocycles. The molecule has 4 aromatic rings. The molecule has 0 spiro atoms. The second-order valence-corrected chi connectivity index (χ2v) is 8.29. The summed E-state index contributed by atoms with van der Waals surface area (Å²) >= 11 is 12.4. The first-order chi connectivity index (χ1) is 15.0. The molecule has 0 saturated carbocycles. The van der Waals surface area contributed by atoms with E-state index in [2.05, 4.69) is 24.4 Å². The van der Waals surface area contributed by atoms with Crippen LogP contribution in [0.4, 0.5) is 5.69 Å². The van der Waals surface area contributed by atoms with Gasteiger partial charge in [0.05, 0.1) is 21.8 Å². The normalized spacial score (nSPS) is 10.9. The van der Waals surface area contributed by atoms with E-state index in [1.807, 2.05) is 42.5 Å². The highest BCUT2D eigenvalue weighted by molar-refractivity contribution is 6.36. The standard InChI is InChI=1S/C26H22Cl2N2O/c1-2-3-6-17-9-12-19(13-10-17)29-26(31)22-16-25(21-14-11-18(27)15-23(21)28)30-24-8-5-4-7-20(22)24/h4-5,7-16H,2-3,6H2,1H3,(H,29,31). The van der Waals surface area contributed by atoms with E-state index in [0.29, 0.717) is 21.3 Å². The number of carbonyl (C=O) groups excluding carboxylic acids is 1. The number of amides is 1. The molecule has 31 heavy (non-hydrogen) atoms. The number of carbonyl (C=O) groups is 1. The first-order valence-corrected chi connectivity index (χ1v) is 11.1. The van der Waals surface area contributed by atoms with Crippen molar-refractivity contribution in [3.8, 4) is 11.3 Å². The zero-order chi connectivity index (χ0) is 21.8. The number of unbranched alkanes of at least 4 members (excludes halogenated alkanes) is 1. The maximum atomic E-state index is 13.2. The quantitative estimate of drug-likeness (QED) is 0.326. The number of nitrogens with zero attached hydrogens (tertiary/aromatic N) is 1. The van der Waals surface area contributed by atoms with E-state index >= 15 is 0 Å². The number of anilines is 1. The second-order valence-electron chi connectivity index (χ2n) is 7.45. The zero-order valence-corrected chi connectivity index (χ0v) is 18.7. The van der Waals surface area contributed by atoms with Gasteiger partial charge in [-0.3, -0.25) is 4.79 Å². The van der Waals surface area contributed by atoms with Crippen LogP contribution in [-0.2, 0) is 6.42 Å². The molecular weight excluding hydrogens is 427 g/mol. The van der Waals surface area contributed by atoms with Crippen molar-refractivity contribution < 1.29 is 4.79 Å². The van der Waals surface area contributed by atoms with Crippen LogP contribution in [0.3, 0.4) is 0 Å². The molecule has 0 aliphatic carbocycles. The summed E-state index contributed by atoms with van der Waals surface area (Å²) in [6.07, 6.45) is 3.36. The van der Waals surface area contributed by atoms with E-state index in [1.54, 1.807) is 18.2 Å². The van der Waals surface area contributed by atoms with Crippen LogP contribution in [0.25, 0.3) is 22.2 Å². The number of hydrogen-bond donors (Lipinski definition) is 1. The molecule has 1 aromatic heterocycles. The zero-order valence-electron chi connectivity index (χ0n) is 17.2. The molecule has 156 valence electrons. The predicted molar refractivity (Wildman–Crippen MR) is 130 cm³/mol. The van der Waals surface area contributed by atoms with Crippen molar-refractivity contribution in [3.05, 3.63) is 94.0 Å². The summed E-state index contributed by atoms with van der Waals surface area (Å²) < 4.78 is 0. The Hall–Kier alpha value is -2.88. The fourth-order valence-electron chi connectivity index (χ4n) is 3.53. The summed E-state index contributed by atoms with van der Waals surface area (Å²) in [5.74, 6) is -0.189. The van der Waals surface area contributed by atoms with Crippen LogP contribution in [-0.4, -0.2) is 10.9 Å². The molecule has 1 amide bonds. The van der Waals surface area contributed by atoms with E-state index in [9.17, 15) is 4.79 Å². The minimum Gasteiger partial charge on any atom is -0.322 e. The molecule has 0 aliphatic rings. The third kappa shape index (κ3) is 4.90.